The van der Waals surface area contributed by atoms with E-state index in [1.54, 1.807) is 0 Å². The number of carbonyl (C=O) groups excluding carboxylic acids is 1. The van der Waals surface area contributed by atoms with Gasteiger partial charge in [-0.1, -0.05) is 58.9 Å². The molecule has 0 unspecified atom stereocenters. The Morgan fingerprint density at radius 2 is 1.77 bits per heavy atom. The highest BCUT2D eigenvalue weighted by atomic mass is 16.6. The second-order valence-electron chi connectivity index (χ2n) is 9.21. The summed E-state index contributed by atoms with van der Waals surface area (Å²) in [7, 11) is 0. The summed E-state index contributed by atoms with van der Waals surface area (Å²) < 4.78 is 5.48. The maximum absolute atomic E-state index is 11.9. The fraction of sp³-hybridized carbons (Fsp3) is 0.391. The van der Waals surface area contributed by atoms with Crippen LogP contribution in [-0.2, 0) is 10.2 Å². The second kappa shape index (κ2) is 9.59. The molecule has 0 fully saturated rings. The molecule has 0 bridgehead atoms. The van der Waals surface area contributed by atoms with Crippen LogP contribution in [0.4, 0.5) is 5.69 Å². The number of carbonyl (C=O) groups is 1. The molecule has 0 radical (unpaired) electrons. The molecule has 2 rings (SSSR count). The topological polar surface area (TPSA) is 117 Å². The van der Waals surface area contributed by atoms with Crippen LogP contribution in [0.2, 0.25) is 0 Å². The zero-order valence-electron chi connectivity index (χ0n) is 18.5. The Bertz CT molecular complexity index is 960. The smallest absolute Gasteiger partial charge is 0.278 e. The molecule has 0 aliphatic heterocycles. The van der Waals surface area contributed by atoms with Crippen molar-refractivity contribution in [3.8, 4) is 11.5 Å². The van der Waals surface area contributed by atoms with Crippen LogP contribution < -0.4 is 15.3 Å². The highest BCUT2D eigenvalue weighted by Crippen LogP contribution is 2.36. The van der Waals surface area contributed by atoms with Gasteiger partial charge in [-0.2, -0.15) is 5.10 Å². The normalized spacial score (nSPS) is 12.0. The van der Waals surface area contributed by atoms with Crippen molar-refractivity contribution in [2.75, 3.05) is 6.61 Å². The molecule has 0 atom stereocenters. The number of benzene rings is 2. The predicted molar refractivity (Wildman–Crippen MR) is 117 cm³/mol. The van der Waals surface area contributed by atoms with Gasteiger partial charge in [0.25, 0.3) is 11.6 Å². The van der Waals surface area contributed by atoms with E-state index in [0.717, 1.165) is 30.8 Å². The fourth-order valence-electron chi connectivity index (χ4n) is 3.59. The average Bonchev–Trinajstić information content (AvgIpc) is 2.64. The van der Waals surface area contributed by atoms with E-state index in [2.05, 4.69) is 45.1 Å². The van der Waals surface area contributed by atoms with Gasteiger partial charge in [0.1, 0.15) is 5.75 Å². The Labute approximate surface area is 182 Å². The molecular weight excluding hydrogens is 398 g/mol. The standard InChI is InChI=1S/C23H29N3O5/c1-22(2,3)15-23(4,5)17-6-9-19(10-7-17)31-14-21(28)25-24-13-16-12-18(27)8-11-20(16)26(29)30/h6-13,27H,14-15H2,1-5H3,(H,25,28)/p-1/b24-13-. The van der Waals surface area contributed by atoms with Crippen molar-refractivity contribution in [3.05, 3.63) is 63.7 Å². The van der Waals surface area contributed by atoms with Crippen LogP contribution in [0.15, 0.2) is 47.6 Å². The van der Waals surface area contributed by atoms with Gasteiger partial charge in [-0.25, -0.2) is 5.43 Å². The molecule has 0 saturated carbocycles. The largest absolute Gasteiger partial charge is 0.872 e. The van der Waals surface area contributed by atoms with E-state index in [0.29, 0.717) is 5.75 Å². The number of ether oxygens (including phenoxy) is 1. The van der Waals surface area contributed by atoms with Gasteiger partial charge >= 0.3 is 0 Å². The van der Waals surface area contributed by atoms with Crippen molar-refractivity contribution in [2.45, 2.75) is 46.5 Å². The first-order chi connectivity index (χ1) is 14.4. The van der Waals surface area contributed by atoms with Gasteiger partial charge in [0, 0.05) is 6.07 Å². The predicted octanol–water partition coefficient (Wildman–Crippen LogP) is 3.91. The molecule has 0 aliphatic rings. The van der Waals surface area contributed by atoms with Crippen molar-refractivity contribution < 1.29 is 19.6 Å². The number of hydrogen-bond acceptors (Lipinski definition) is 6. The third-order valence-corrected chi connectivity index (χ3v) is 4.57. The summed E-state index contributed by atoms with van der Waals surface area (Å²) in [5.41, 5.74) is 3.36. The van der Waals surface area contributed by atoms with E-state index >= 15 is 0 Å². The van der Waals surface area contributed by atoms with E-state index < -0.39 is 16.6 Å². The number of hydrogen-bond donors (Lipinski definition) is 1. The maximum atomic E-state index is 11.9. The molecule has 1 N–H and O–H groups in total. The van der Waals surface area contributed by atoms with E-state index in [4.69, 9.17) is 4.74 Å². The van der Waals surface area contributed by atoms with Gasteiger partial charge in [0.05, 0.1) is 16.7 Å². The lowest BCUT2D eigenvalue weighted by Gasteiger charge is -2.33. The molecule has 1 amide bonds. The highest BCUT2D eigenvalue weighted by molar-refractivity contribution is 5.87. The minimum absolute atomic E-state index is 0.00665. The summed E-state index contributed by atoms with van der Waals surface area (Å²) in [5.74, 6) is -0.380. The zero-order valence-corrected chi connectivity index (χ0v) is 18.5. The molecular formula is C23H28N3O5-. The number of rotatable bonds is 8. The lowest BCUT2D eigenvalue weighted by Crippen LogP contribution is -2.25. The number of nitrogens with one attached hydrogen (secondary N) is 1. The lowest BCUT2D eigenvalue weighted by molar-refractivity contribution is -0.385. The van der Waals surface area contributed by atoms with E-state index in [-0.39, 0.29) is 28.7 Å². The minimum atomic E-state index is -0.627. The number of nitro groups is 1. The highest BCUT2D eigenvalue weighted by Gasteiger charge is 2.27. The number of nitrogens with zero attached hydrogens (tertiary/aromatic N) is 2. The molecule has 0 aromatic heterocycles. The lowest BCUT2D eigenvalue weighted by atomic mass is 9.72. The summed E-state index contributed by atoms with van der Waals surface area (Å²) in [6.45, 7) is 10.8. The summed E-state index contributed by atoms with van der Waals surface area (Å²) in [4.78, 5) is 22.3. The van der Waals surface area contributed by atoms with Crippen LogP contribution >= 0.6 is 0 Å². The van der Waals surface area contributed by atoms with Crippen molar-refractivity contribution in [3.63, 3.8) is 0 Å². The Balaban J connectivity index is 1.91. The number of hydrazone groups is 1. The van der Waals surface area contributed by atoms with Gasteiger partial charge in [-0.3, -0.25) is 14.9 Å². The Morgan fingerprint density at radius 3 is 2.35 bits per heavy atom. The molecule has 166 valence electrons. The third kappa shape index (κ3) is 7.40. The van der Waals surface area contributed by atoms with Gasteiger partial charge < -0.3 is 9.84 Å². The van der Waals surface area contributed by atoms with Gasteiger partial charge in [-0.05, 0) is 34.9 Å². The zero-order chi connectivity index (χ0) is 23.2. The first-order valence-electron chi connectivity index (χ1n) is 9.88. The van der Waals surface area contributed by atoms with E-state index in [1.807, 2.05) is 24.3 Å². The molecule has 0 saturated heterocycles. The van der Waals surface area contributed by atoms with Crippen LogP contribution in [0.5, 0.6) is 11.5 Å². The summed E-state index contributed by atoms with van der Waals surface area (Å²) in [6.07, 6.45) is 2.08. The average molecular weight is 426 g/mol. The van der Waals surface area contributed by atoms with Crippen LogP contribution in [0.3, 0.4) is 0 Å². The van der Waals surface area contributed by atoms with Crippen molar-refractivity contribution in [1.82, 2.24) is 5.43 Å². The van der Waals surface area contributed by atoms with Crippen molar-refractivity contribution in [1.29, 1.82) is 0 Å². The van der Waals surface area contributed by atoms with Crippen LogP contribution in [0, 0.1) is 15.5 Å². The Hall–Kier alpha value is -3.42. The maximum Gasteiger partial charge on any atom is 0.278 e. The summed E-state index contributed by atoms with van der Waals surface area (Å²) in [6, 6.07) is 10.9. The fourth-order valence-corrected chi connectivity index (χ4v) is 3.59. The molecule has 2 aromatic carbocycles. The van der Waals surface area contributed by atoms with Crippen molar-refractivity contribution in [2.24, 2.45) is 10.5 Å². The number of nitro benzene ring substituents is 1. The molecule has 8 nitrogen and oxygen atoms in total. The van der Waals surface area contributed by atoms with E-state index in [1.165, 1.54) is 5.56 Å². The summed E-state index contributed by atoms with van der Waals surface area (Å²) in [5, 5.41) is 26.0. The Morgan fingerprint density at radius 1 is 1.13 bits per heavy atom. The first-order valence-corrected chi connectivity index (χ1v) is 9.88. The van der Waals surface area contributed by atoms with Gasteiger partial charge in [-0.15, -0.1) is 5.75 Å². The monoisotopic (exact) mass is 426 g/mol. The van der Waals surface area contributed by atoms with Crippen LogP contribution in [-0.4, -0.2) is 23.7 Å². The first kappa shape index (κ1) is 23.9. The molecule has 2 aromatic rings. The van der Waals surface area contributed by atoms with Crippen LogP contribution in [0.25, 0.3) is 0 Å². The van der Waals surface area contributed by atoms with Gasteiger partial charge in [0.2, 0.25) is 0 Å². The quantitative estimate of drug-likeness (QED) is 0.390. The SMILES string of the molecule is CC(C)(C)CC(C)(C)c1ccc(OCC(=O)N/N=C\c2cc([O-])ccc2[N+](=O)[O-])cc1. The molecule has 31 heavy (non-hydrogen) atoms. The second-order valence-corrected chi connectivity index (χ2v) is 9.21. The third-order valence-electron chi connectivity index (χ3n) is 4.57. The molecule has 0 heterocycles. The minimum Gasteiger partial charge on any atom is -0.872 e. The van der Waals surface area contributed by atoms with Gasteiger partial charge in [0.15, 0.2) is 6.61 Å². The Kier molecular flexibility index (Phi) is 7.38. The van der Waals surface area contributed by atoms with E-state index in [9.17, 15) is 20.0 Å². The molecule has 0 aliphatic carbocycles. The summed E-state index contributed by atoms with van der Waals surface area (Å²) >= 11 is 0. The number of amides is 1. The van der Waals surface area contributed by atoms with Crippen LogP contribution in [0.1, 0.15) is 52.2 Å². The van der Waals surface area contributed by atoms with Crippen molar-refractivity contribution >= 4 is 17.8 Å². The molecule has 8 heteroatoms. The molecule has 0 spiro atoms.